The minimum absolute atomic E-state index is 0.00800. The number of urea groups is 1. The molecule has 174 valence electrons. The van der Waals surface area contributed by atoms with Gasteiger partial charge in [0.25, 0.3) is 0 Å². The number of carbonyl (C=O) groups is 2. The second-order valence-corrected chi connectivity index (χ2v) is 9.63. The number of nitrogens with two attached hydrogens (primary N) is 1. The van der Waals surface area contributed by atoms with Gasteiger partial charge in [-0.25, -0.2) is 23.1 Å². The number of sulfonamides is 1. The van der Waals surface area contributed by atoms with E-state index in [9.17, 15) is 18.0 Å². The van der Waals surface area contributed by atoms with Crippen LogP contribution in [0.5, 0.6) is 0 Å². The first-order chi connectivity index (χ1) is 15.7. The maximum Gasteiger partial charge on any atom is 0.338 e. The zero-order chi connectivity index (χ0) is 23.8. The average molecular weight is 471 g/mol. The van der Waals surface area contributed by atoms with Gasteiger partial charge in [-0.05, 0) is 49.6 Å². The van der Waals surface area contributed by atoms with Crippen LogP contribution in [-0.4, -0.2) is 39.6 Å². The highest BCUT2D eigenvalue weighted by Gasteiger charge is 2.36. The first-order valence-electron chi connectivity index (χ1n) is 10.6. The molecule has 4 N–H and O–H groups in total. The van der Waals surface area contributed by atoms with Crippen LogP contribution in [0.4, 0.5) is 10.5 Å². The number of amides is 2. The minimum atomic E-state index is -3.81. The normalized spacial score (nSPS) is 20.2. The molecule has 0 saturated carbocycles. The summed E-state index contributed by atoms with van der Waals surface area (Å²) in [6.07, 6.45) is 0.606. The van der Waals surface area contributed by atoms with Crippen LogP contribution >= 0.6 is 0 Å². The van der Waals surface area contributed by atoms with Gasteiger partial charge in [0, 0.05) is 11.7 Å². The summed E-state index contributed by atoms with van der Waals surface area (Å²) in [5.41, 5.74) is 3.22. The lowest BCUT2D eigenvalue weighted by molar-refractivity contribution is -0.139. The SMILES string of the molecule is CCOC(=O)C1=C(CN2c3ccc(S(N)(=O)=O)cc3C[C@@H]2C)NC(=O)N[C@H]1c1ccccc1. The number of ether oxygens (including phenoxy) is 1. The van der Waals surface area contributed by atoms with E-state index in [4.69, 9.17) is 9.88 Å². The smallest absolute Gasteiger partial charge is 0.338 e. The lowest BCUT2D eigenvalue weighted by atomic mass is 9.95. The summed E-state index contributed by atoms with van der Waals surface area (Å²) in [5.74, 6) is -0.509. The number of carbonyl (C=O) groups excluding carboxylic acids is 2. The standard InChI is InChI=1S/C23H26N4O5S/c1-3-32-22(28)20-18(25-23(29)26-21(20)15-7-5-4-6-8-15)13-27-14(2)11-16-12-17(33(24,30)31)9-10-19(16)27/h4-10,12,14,21H,3,11,13H2,1-2H3,(H2,24,30,31)(H2,25,26,29)/t14-,21-/m0/s1. The Morgan fingerprint density at radius 3 is 2.61 bits per heavy atom. The maximum atomic E-state index is 13.0. The number of hydrogen-bond donors (Lipinski definition) is 3. The fourth-order valence-corrected chi connectivity index (χ4v) is 4.91. The summed E-state index contributed by atoms with van der Waals surface area (Å²) in [5, 5.41) is 10.9. The van der Waals surface area contributed by atoms with E-state index >= 15 is 0 Å². The summed E-state index contributed by atoms with van der Waals surface area (Å²) in [6.45, 7) is 4.17. The van der Waals surface area contributed by atoms with Crippen molar-refractivity contribution >= 4 is 27.7 Å². The number of nitrogens with one attached hydrogen (secondary N) is 2. The highest BCUT2D eigenvalue weighted by atomic mass is 32.2. The molecule has 0 aromatic heterocycles. The Balaban J connectivity index is 1.76. The number of esters is 1. The summed E-state index contributed by atoms with van der Waals surface area (Å²) in [7, 11) is -3.81. The van der Waals surface area contributed by atoms with Crippen molar-refractivity contribution < 1.29 is 22.7 Å². The molecule has 0 fully saturated rings. The van der Waals surface area contributed by atoms with Crippen LogP contribution < -0.4 is 20.7 Å². The van der Waals surface area contributed by atoms with Gasteiger partial charge in [0.05, 0.1) is 35.4 Å². The van der Waals surface area contributed by atoms with E-state index < -0.39 is 28.1 Å². The molecule has 4 rings (SSSR count). The van der Waals surface area contributed by atoms with E-state index in [-0.39, 0.29) is 24.1 Å². The van der Waals surface area contributed by atoms with E-state index in [0.717, 1.165) is 16.8 Å². The fraction of sp³-hybridized carbons (Fsp3) is 0.304. The molecule has 33 heavy (non-hydrogen) atoms. The van der Waals surface area contributed by atoms with Crippen molar-refractivity contribution in [3.05, 3.63) is 70.9 Å². The Labute approximate surface area is 192 Å². The number of anilines is 1. The average Bonchev–Trinajstić information content (AvgIpc) is 3.08. The first-order valence-corrected chi connectivity index (χ1v) is 12.2. The quantitative estimate of drug-likeness (QED) is 0.553. The Morgan fingerprint density at radius 2 is 1.94 bits per heavy atom. The minimum Gasteiger partial charge on any atom is -0.463 e. The zero-order valence-electron chi connectivity index (χ0n) is 18.4. The van der Waals surface area contributed by atoms with Gasteiger partial charge in [0.1, 0.15) is 0 Å². The van der Waals surface area contributed by atoms with Gasteiger partial charge >= 0.3 is 12.0 Å². The number of primary sulfonamides is 1. The Hall–Kier alpha value is -3.37. The number of fused-ring (bicyclic) bond motifs is 1. The van der Waals surface area contributed by atoms with E-state index in [2.05, 4.69) is 10.6 Å². The molecule has 0 spiro atoms. The van der Waals surface area contributed by atoms with E-state index in [1.165, 1.54) is 6.07 Å². The third-order valence-electron chi connectivity index (χ3n) is 5.85. The summed E-state index contributed by atoms with van der Waals surface area (Å²) in [4.78, 5) is 27.6. The molecule has 2 aliphatic rings. The monoisotopic (exact) mass is 470 g/mol. The topological polar surface area (TPSA) is 131 Å². The summed E-state index contributed by atoms with van der Waals surface area (Å²) >= 11 is 0. The molecule has 0 saturated heterocycles. The van der Waals surface area contributed by atoms with Gasteiger partial charge in [0.15, 0.2) is 0 Å². The van der Waals surface area contributed by atoms with E-state index in [1.807, 2.05) is 42.2 Å². The Kier molecular flexibility index (Phi) is 6.13. The van der Waals surface area contributed by atoms with Gasteiger partial charge in [-0.15, -0.1) is 0 Å². The molecule has 2 aromatic carbocycles. The van der Waals surface area contributed by atoms with Gasteiger partial charge in [-0.1, -0.05) is 30.3 Å². The molecule has 2 aromatic rings. The maximum absolute atomic E-state index is 13.0. The summed E-state index contributed by atoms with van der Waals surface area (Å²) < 4.78 is 28.8. The van der Waals surface area contributed by atoms with Gasteiger partial charge in [-0.3, -0.25) is 0 Å². The highest BCUT2D eigenvalue weighted by Crippen LogP contribution is 2.36. The number of benzene rings is 2. The van der Waals surface area contributed by atoms with Crippen molar-refractivity contribution in [3.8, 4) is 0 Å². The van der Waals surface area contributed by atoms with Crippen LogP contribution in [0.2, 0.25) is 0 Å². The molecule has 2 amide bonds. The van der Waals surface area contributed by atoms with Crippen LogP contribution in [0.3, 0.4) is 0 Å². The molecule has 0 aliphatic carbocycles. The lowest BCUT2D eigenvalue weighted by Gasteiger charge is -2.33. The molecule has 0 radical (unpaired) electrons. The predicted octanol–water partition coefficient (Wildman–Crippen LogP) is 1.96. The third-order valence-corrected chi connectivity index (χ3v) is 6.76. The molecular formula is C23H26N4O5S. The number of nitrogens with zero attached hydrogens (tertiary/aromatic N) is 1. The summed E-state index contributed by atoms with van der Waals surface area (Å²) in [6, 6.07) is 12.9. The molecule has 10 heteroatoms. The van der Waals surface area contributed by atoms with Crippen LogP contribution in [-0.2, 0) is 26.0 Å². The van der Waals surface area contributed by atoms with Crippen molar-refractivity contribution in [1.29, 1.82) is 0 Å². The molecule has 2 aliphatic heterocycles. The second kappa shape index (κ2) is 8.87. The largest absolute Gasteiger partial charge is 0.463 e. The molecule has 9 nitrogen and oxygen atoms in total. The van der Waals surface area contributed by atoms with Gasteiger partial charge in [-0.2, -0.15) is 0 Å². The van der Waals surface area contributed by atoms with Crippen molar-refractivity contribution in [1.82, 2.24) is 10.6 Å². The van der Waals surface area contributed by atoms with Crippen LogP contribution in [0, 0.1) is 0 Å². The Morgan fingerprint density at radius 1 is 1.21 bits per heavy atom. The molecular weight excluding hydrogens is 444 g/mol. The number of rotatable bonds is 6. The second-order valence-electron chi connectivity index (χ2n) is 8.07. The highest BCUT2D eigenvalue weighted by molar-refractivity contribution is 7.89. The fourth-order valence-electron chi connectivity index (χ4n) is 4.35. The van der Waals surface area contributed by atoms with Crippen molar-refractivity contribution in [2.45, 2.75) is 37.2 Å². The van der Waals surface area contributed by atoms with Gasteiger partial charge in [0.2, 0.25) is 10.0 Å². The van der Waals surface area contributed by atoms with Crippen molar-refractivity contribution in [3.63, 3.8) is 0 Å². The van der Waals surface area contributed by atoms with Crippen LogP contribution in [0.1, 0.15) is 31.0 Å². The molecule has 2 atom stereocenters. The number of hydrogen-bond acceptors (Lipinski definition) is 6. The van der Waals surface area contributed by atoms with Crippen LogP contribution in [0.15, 0.2) is 64.7 Å². The Bertz CT molecular complexity index is 1230. The van der Waals surface area contributed by atoms with E-state index in [1.54, 1.807) is 19.1 Å². The van der Waals surface area contributed by atoms with Crippen LogP contribution in [0.25, 0.3) is 0 Å². The molecule has 2 heterocycles. The molecule has 0 bridgehead atoms. The van der Waals surface area contributed by atoms with Gasteiger partial charge < -0.3 is 20.3 Å². The zero-order valence-corrected chi connectivity index (χ0v) is 19.2. The van der Waals surface area contributed by atoms with E-state index in [0.29, 0.717) is 17.7 Å². The van der Waals surface area contributed by atoms with Crippen molar-refractivity contribution in [2.24, 2.45) is 5.14 Å². The molecule has 0 unspecified atom stereocenters. The third kappa shape index (κ3) is 4.57. The first kappa shape index (κ1) is 22.8. The lowest BCUT2D eigenvalue weighted by Crippen LogP contribution is -2.49. The van der Waals surface area contributed by atoms with Crippen molar-refractivity contribution in [2.75, 3.05) is 18.1 Å². The predicted molar refractivity (Wildman–Crippen MR) is 123 cm³/mol.